The summed E-state index contributed by atoms with van der Waals surface area (Å²) in [4.78, 5) is 23.9. The molecule has 1 amide bonds. The number of aliphatic carboxylic acids is 1. The van der Waals surface area contributed by atoms with Crippen molar-refractivity contribution in [3.8, 4) is 0 Å². The fraction of sp³-hybridized carbons (Fsp3) is 0.800. The first-order valence-electron chi connectivity index (χ1n) is 5.24. The second kappa shape index (κ2) is 5.11. The van der Waals surface area contributed by atoms with Gasteiger partial charge in [0.25, 0.3) is 0 Å². The molecular formula is C10H18N2O3. The zero-order valence-corrected chi connectivity index (χ0v) is 9.19. The highest BCUT2D eigenvalue weighted by Crippen LogP contribution is 2.09. The van der Waals surface area contributed by atoms with E-state index in [1.54, 1.807) is 0 Å². The molecule has 86 valence electrons. The van der Waals surface area contributed by atoms with Gasteiger partial charge in [-0.2, -0.15) is 0 Å². The minimum atomic E-state index is -0.793. The number of carboxylic acids is 1. The van der Waals surface area contributed by atoms with Crippen molar-refractivity contribution in [3.63, 3.8) is 0 Å². The summed E-state index contributed by atoms with van der Waals surface area (Å²) in [5.74, 6) is -0.744. The third-order valence-corrected chi connectivity index (χ3v) is 2.64. The molecule has 5 heteroatoms. The fourth-order valence-electron chi connectivity index (χ4n) is 1.86. The summed E-state index contributed by atoms with van der Waals surface area (Å²) in [6.45, 7) is 5.19. The third-order valence-electron chi connectivity index (χ3n) is 2.64. The first kappa shape index (κ1) is 12.0. The highest BCUT2D eigenvalue weighted by molar-refractivity contribution is 5.76. The van der Waals surface area contributed by atoms with Gasteiger partial charge in [0.2, 0.25) is 5.91 Å². The van der Waals surface area contributed by atoms with Crippen LogP contribution in [0.25, 0.3) is 0 Å². The SMILES string of the molecule is CC1CN(C(C)CC(=O)O)CCC(=O)N1. The van der Waals surface area contributed by atoms with Gasteiger partial charge < -0.3 is 10.4 Å². The van der Waals surface area contributed by atoms with E-state index in [-0.39, 0.29) is 24.4 Å². The van der Waals surface area contributed by atoms with Crippen molar-refractivity contribution in [1.29, 1.82) is 0 Å². The van der Waals surface area contributed by atoms with Crippen LogP contribution >= 0.6 is 0 Å². The lowest BCUT2D eigenvalue weighted by atomic mass is 10.2. The Kier molecular flexibility index (Phi) is 4.08. The highest BCUT2D eigenvalue weighted by Gasteiger charge is 2.23. The Morgan fingerprint density at radius 1 is 1.73 bits per heavy atom. The molecule has 2 atom stereocenters. The number of carboxylic acid groups (broad SMARTS) is 1. The van der Waals surface area contributed by atoms with Crippen LogP contribution in [0.4, 0.5) is 0 Å². The molecule has 0 spiro atoms. The van der Waals surface area contributed by atoms with Crippen molar-refractivity contribution in [1.82, 2.24) is 10.2 Å². The van der Waals surface area contributed by atoms with Gasteiger partial charge in [-0.1, -0.05) is 0 Å². The van der Waals surface area contributed by atoms with Crippen molar-refractivity contribution in [2.24, 2.45) is 0 Å². The third kappa shape index (κ3) is 3.87. The van der Waals surface area contributed by atoms with E-state index in [1.807, 2.05) is 13.8 Å². The van der Waals surface area contributed by atoms with Crippen LogP contribution in [0, 0.1) is 0 Å². The van der Waals surface area contributed by atoms with Crippen LogP contribution in [-0.4, -0.2) is 47.1 Å². The second-order valence-electron chi connectivity index (χ2n) is 4.16. The van der Waals surface area contributed by atoms with Crippen LogP contribution in [-0.2, 0) is 9.59 Å². The Balaban J connectivity index is 2.53. The van der Waals surface area contributed by atoms with E-state index in [2.05, 4.69) is 10.2 Å². The summed E-state index contributed by atoms with van der Waals surface area (Å²) in [5, 5.41) is 11.5. The largest absolute Gasteiger partial charge is 0.481 e. The quantitative estimate of drug-likeness (QED) is 0.697. The lowest BCUT2D eigenvalue weighted by Crippen LogP contribution is -2.41. The highest BCUT2D eigenvalue weighted by atomic mass is 16.4. The Labute approximate surface area is 89.4 Å². The maximum atomic E-state index is 11.2. The molecule has 0 aliphatic carbocycles. The summed E-state index contributed by atoms with van der Waals surface area (Å²) in [6.07, 6.45) is 0.579. The molecule has 0 aromatic heterocycles. The molecule has 1 aliphatic heterocycles. The molecule has 0 aromatic carbocycles. The maximum Gasteiger partial charge on any atom is 0.304 e. The van der Waals surface area contributed by atoms with Crippen molar-refractivity contribution in [2.75, 3.05) is 13.1 Å². The average molecular weight is 214 g/mol. The molecule has 0 aromatic rings. The first-order valence-corrected chi connectivity index (χ1v) is 5.24. The van der Waals surface area contributed by atoms with Crippen LogP contribution < -0.4 is 5.32 Å². The van der Waals surface area contributed by atoms with E-state index in [4.69, 9.17) is 5.11 Å². The Morgan fingerprint density at radius 2 is 2.40 bits per heavy atom. The lowest BCUT2D eigenvalue weighted by Gasteiger charge is -2.27. The Morgan fingerprint density at radius 3 is 3.00 bits per heavy atom. The standard InChI is InChI=1S/C10H18N2O3/c1-7-6-12(4-3-9(13)11-7)8(2)5-10(14)15/h7-8H,3-6H2,1-2H3,(H,11,13)(H,14,15). The minimum absolute atomic E-state index is 0.0161. The molecule has 5 nitrogen and oxygen atoms in total. The monoisotopic (exact) mass is 214 g/mol. The van der Waals surface area contributed by atoms with Crippen LogP contribution in [0.1, 0.15) is 26.7 Å². The molecule has 15 heavy (non-hydrogen) atoms. The molecule has 1 aliphatic rings. The van der Waals surface area contributed by atoms with E-state index >= 15 is 0 Å². The van der Waals surface area contributed by atoms with Gasteiger partial charge >= 0.3 is 5.97 Å². The van der Waals surface area contributed by atoms with Gasteiger partial charge in [-0.25, -0.2) is 0 Å². The molecule has 0 saturated carbocycles. The van der Waals surface area contributed by atoms with Crippen LogP contribution in [0.2, 0.25) is 0 Å². The molecule has 2 unspecified atom stereocenters. The summed E-state index contributed by atoms with van der Waals surface area (Å²) in [6, 6.07) is 0.0777. The average Bonchev–Trinajstić information content (AvgIpc) is 2.25. The van der Waals surface area contributed by atoms with Gasteiger partial charge in [0, 0.05) is 31.6 Å². The van der Waals surface area contributed by atoms with Gasteiger partial charge in [-0.05, 0) is 13.8 Å². The number of hydrogen-bond donors (Lipinski definition) is 2. The van der Waals surface area contributed by atoms with E-state index < -0.39 is 5.97 Å². The number of hydrogen-bond acceptors (Lipinski definition) is 3. The van der Waals surface area contributed by atoms with E-state index in [1.165, 1.54) is 0 Å². The summed E-state index contributed by atoms with van der Waals surface area (Å²) < 4.78 is 0. The number of rotatable bonds is 3. The van der Waals surface area contributed by atoms with Crippen molar-refractivity contribution in [3.05, 3.63) is 0 Å². The summed E-state index contributed by atoms with van der Waals surface area (Å²) in [7, 11) is 0. The predicted octanol–water partition coefficient (Wildman–Crippen LogP) is 0.0600. The molecular weight excluding hydrogens is 196 g/mol. The van der Waals surface area contributed by atoms with Gasteiger partial charge in [0.15, 0.2) is 0 Å². The molecule has 2 N–H and O–H groups in total. The minimum Gasteiger partial charge on any atom is -0.481 e. The zero-order valence-electron chi connectivity index (χ0n) is 9.19. The van der Waals surface area contributed by atoms with Crippen molar-refractivity contribution in [2.45, 2.75) is 38.8 Å². The molecule has 1 heterocycles. The Bertz CT molecular complexity index is 255. The number of carbonyl (C=O) groups excluding carboxylic acids is 1. The lowest BCUT2D eigenvalue weighted by molar-refractivity contribution is -0.138. The van der Waals surface area contributed by atoms with Gasteiger partial charge in [0.1, 0.15) is 0 Å². The number of nitrogens with one attached hydrogen (secondary N) is 1. The summed E-state index contributed by atoms with van der Waals surface area (Å²) >= 11 is 0. The van der Waals surface area contributed by atoms with Gasteiger partial charge in [-0.3, -0.25) is 14.5 Å². The first-order chi connectivity index (χ1) is 6.99. The number of carbonyl (C=O) groups is 2. The molecule has 1 saturated heterocycles. The van der Waals surface area contributed by atoms with E-state index in [0.717, 1.165) is 6.54 Å². The van der Waals surface area contributed by atoms with Crippen molar-refractivity contribution < 1.29 is 14.7 Å². The predicted molar refractivity (Wildman–Crippen MR) is 55.5 cm³/mol. The Hall–Kier alpha value is -1.10. The molecule has 0 radical (unpaired) electrons. The second-order valence-corrected chi connectivity index (χ2v) is 4.16. The van der Waals surface area contributed by atoms with Crippen LogP contribution in [0.5, 0.6) is 0 Å². The topological polar surface area (TPSA) is 69.6 Å². The smallest absolute Gasteiger partial charge is 0.304 e. The molecule has 0 bridgehead atoms. The normalized spacial score (nSPS) is 25.5. The number of amides is 1. The van der Waals surface area contributed by atoms with Crippen LogP contribution in [0.15, 0.2) is 0 Å². The van der Waals surface area contributed by atoms with E-state index in [9.17, 15) is 9.59 Å². The molecule has 1 fully saturated rings. The van der Waals surface area contributed by atoms with Crippen LogP contribution in [0.3, 0.4) is 0 Å². The van der Waals surface area contributed by atoms with Gasteiger partial charge in [0.05, 0.1) is 6.42 Å². The molecule has 1 rings (SSSR count). The summed E-state index contributed by atoms with van der Waals surface area (Å²) in [5.41, 5.74) is 0. The zero-order chi connectivity index (χ0) is 11.4. The van der Waals surface area contributed by atoms with Gasteiger partial charge in [-0.15, -0.1) is 0 Å². The van der Waals surface area contributed by atoms with E-state index in [0.29, 0.717) is 13.0 Å². The maximum absolute atomic E-state index is 11.2. The number of nitrogens with zero attached hydrogens (tertiary/aromatic N) is 1. The fourth-order valence-corrected chi connectivity index (χ4v) is 1.86. The van der Waals surface area contributed by atoms with Crippen molar-refractivity contribution >= 4 is 11.9 Å².